The summed E-state index contributed by atoms with van der Waals surface area (Å²) < 4.78 is 31.6. The Bertz CT molecular complexity index is 525. The molecule has 0 spiro atoms. The molecule has 1 heterocycles. The first-order chi connectivity index (χ1) is 7.63. The summed E-state index contributed by atoms with van der Waals surface area (Å²) in [4.78, 5) is 0. The van der Waals surface area contributed by atoms with Gasteiger partial charge in [0.25, 0.3) is 0 Å². The maximum atomic E-state index is 13.6. The van der Waals surface area contributed by atoms with Crippen LogP contribution in [-0.4, -0.2) is 17.3 Å². The molecule has 0 fully saturated rings. The lowest BCUT2D eigenvalue weighted by Crippen LogP contribution is -1.95. The summed E-state index contributed by atoms with van der Waals surface area (Å²) in [6.07, 6.45) is 0. The van der Waals surface area contributed by atoms with Crippen LogP contribution in [0.25, 0.3) is 11.3 Å². The Morgan fingerprint density at radius 3 is 2.62 bits per heavy atom. The predicted octanol–water partition coefficient (Wildman–Crippen LogP) is 1.95. The normalized spacial score (nSPS) is 10.4. The first kappa shape index (κ1) is 10.4. The Labute approximate surface area is 90.0 Å². The molecule has 0 unspecified atom stereocenters. The monoisotopic (exact) mass is 225 g/mol. The molecule has 0 atom stereocenters. The number of halogens is 2. The fraction of sp³-hybridized carbons (Fsp3) is 0.100. The number of ether oxygens (including phenoxy) is 1. The number of nitrogens with one attached hydrogen (secondary N) is 1. The Morgan fingerprint density at radius 1 is 1.31 bits per heavy atom. The molecule has 16 heavy (non-hydrogen) atoms. The number of nitrogens with zero attached hydrogens (tertiary/aromatic N) is 1. The Balaban J connectivity index is 2.55. The third-order valence-electron chi connectivity index (χ3n) is 2.14. The van der Waals surface area contributed by atoms with Crippen LogP contribution in [0.4, 0.5) is 14.6 Å². The van der Waals surface area contributed by atoms with Gasteiger partial charge in [-0.25, -0.2) is 4.39 Å². The number of nitrogens with two attached hydrogens (primary N) is 1. The summed E-state index contributed by atoms with van der Waals surface area (Å²) in [6, 6.07) is 4.13. The van der Waals surface area contributed by atoms with E-state index in [1.54, 1.807) is 0 Å². The summed E-state index contributed by atoms with van der Waals surface area (Å²) in [6.45, 7) is 0. The number of H-pyrrole nitrogens is 1. The molecule has 2 aromatic rings. The summed E-state index contributed by atoms with van der Waals surface area (Å²) in [5, 5.41) is 6.20. The highest BCUT2D eigenvalue weighted by Gasteiger charge is 2.16. The van der Waals surface area contributed by atoms with E-state index < -0.39 is 11.6 Å². The zero-order chi connectivity index (χ0) is 11.7. The summed E-state index contributed by atoms with van der Waals surface area (Å²) in [5.74, 6) is -1.91. The molecule has 84 valence electrons. The summed E-state index contributed by atoms with van der Waals surface area (Å²) >= 11 is 0. The van der Waals surface area contributed by atoms with Crippen LogP contribution in [0.2, 0.25) is 0 Å². The van der Waals surface area contributed by atoms with E-state index in [4.69, 9.17) is 5.73 Å². The molecule has 0 saturated heterocycles. The fourth-order valence-electron chi connectivity index (χ4n) is 1.36. The van der Waals surface area contributed by atoms with Gasteiger partial charge in [-0.3, -0.25) is 5.10 Å². The Morgan fingerprint density at radius 2 is 2.06 bits per heavy atom. The largest absolute Gasteiger partial charge is 0.494 e. The van der Waals surface area contributed by atoms with Crippen molar-refractivity contribution >= 4 is 5.82 Å². The first-order valence-corrected chi connectivity index (χ1v) is 4.46. The quantitative estimate of drug-likeness (QED) is 0.820. The zero-order valence-electron chi connectivity index (χ0n) is 8.42. The van der Waals surface area contributed by atoms with Gasteiger partial charge in [-0.15, -0.1) is 0 Å². The molecule has 1 aromatic carbocycles. The van der Waals surface area contributed by atoms with Crippen molar-refractivity contribution in [1.82, 2.24) is 10.2 Å². The number of methoxy groups -OCH3 is 1. The second kappa shape index (κ2) is 3.80. The molecular formula is C10H9F2N3O. The lowest BCUT2D eigenvalue weighted by molar-refractivity contribution is 0.372. The van der Waals surface area contributed by atoms with Crippen LogP contribution in [0.1, 0.15) is 0 Å². The van der Waals surface area contributed by atoms with Crippen LogP contribution >= 0.6 is 0 Å². The summed E-state index contributed by atoms with van der Waals surface area (Å²) in [5.41, 5.74) is 5.68. The number of hydrogen-bond acceptors (Lipinski definition) is 3. The van der Waals surface area contributed by atoms with E-state index >= 15 is 0 Å². The molecule has 4 nitrogen and oxygen atoms in total. The van der Waals surface area contributed by atoms with Crippen molar-refractivity contribution in [3.63, 3.8) is 0 Å². The van der Waals surface area contributed by atoms with Crippen LogP contribution in [-0.2, 0) is 0 Å². The molecular weight excluding hydrogens is 216 g/mol. The van der Waals surface area contributed by atoms with Crippen molar-refractivity contribution in [2.24, 2.45) is 0 Å². The van der Waals surface area contributed by atoms with Gasteiger partial charge in [0.2, 0.25) is 5.82 Å². The van der Waals surface area contributed by atoms with Gasteiger partial charge in [-0.2, -0.15) is 9.49 Å². The standard InChI is InChI=1S/C10H9F2N3O/c1-16-7-3-2-5(9(11)10(7)12)6-4-8(13)15-14-6/h2-4H,1H3,(H3,13,14,15). The maximum Gasteiger partial charge on any atom is 0.201 e. The van der Waals surface area contributed by atoms with Crippen molar-refractivity contribution in [3.8, 4) is 17.0 Å². The van der Waals surface area contributed by atoms with E-state index in [0.717, 1.165) is 0 Å². The SMILES string of the molecule is COc1ccc(-c2cc(N)[nH]n2)c(F)c1F. The number of anilines is 1. The Hall–Kier alpha value is -2.11. The van der Waals surface area contributed by atoms with Gasteiger partial charge in [-0.1, -0.05) is 0 Å². The fourth-order valence-corrected chi connectivity index (χ4v) is 1.36. The lowest BCUT2D eigenvalue weighted by Gasteiger charge is -2.05. The van der Waals surface area contributed by atoms with Crippen LogP contribution in [0.5, 0.6) is 5.75 Å². The number of hydrogen-bond donors (Lipinski definition) is 2. The van der Waals surface area contributed by atoms with Crippen LogP contribution < -0.4 is 10.5 Å². The topological polar surface area (TPSA) is 63.9 Å². The molecule has 0 saturated carbocycles. The van der Waals surface area contributed by atoms with Crippen molar-refractivity contribution < 1.29 is 13.5 Å². The van der Waals surface area contributed by atoms with Crippen molar-refractivity contribution in [2.45, 2.75) is 0 Å². The molecule has 0 radical (unpaired) electrons. The van der Waals surface area contributed by atoms with Gasteiger partial charge < -0.3 is 10.5 Å². The first-order valence-electron chi connectivity index (χ1n) is 4.46. The third kappa shape index (κ3) is 1.58. The summed E-state index contributed by atoms with van der Waals surface area (Å²) in [7, 11) is 1.27. The molecule has 0 amide bonds. The molecule has 0 aliphatic rings. The van der Waals surface area contributed by atoms with Crippen LogP contribution in [0.15, 0.2) is 18.2 Å². The van der Waals surface area contributed by atoms with Crippen molar-refractivity contribution in [1.29, 1.82) is 0 Å². The van der Waals surface area contributed by atoms with E-state index in [2.05, 4.69) is 14.9 Å². The number of aromatic amines is 1. The number of aromatic nitrogens is 2. The van der Waals surface area contributed by atoms with Crippen LogP contribution in [0, 0.1) is 11.6 Å². The van der Waals surface area contributed by atoms with Gasteiger partial charge in [-0.05, 0) is 12.1 Å². The third-order valence-corrected chi connectivity index (χ3v) is 2.14. The molecule has 3 N–H and O–H groups in total. The second-order valence-electron chi connectivity index (χ2n) is 3.15. The van der Waals surface area contributed by atoms with E-state index in [0.29, 0.717) is 0 Å². The van der Waals surface area contributed by atoms with Crippen molar-refractivity contribution in [2.75, 3.05) is 12.8 Å². The molecule has 1 aromatic heterocycles. The van der Waals surface area contributed by atoms with E-state index in [1.165, 1.54) is 25.3 Å². The van der Waals surface area contributed by atoms with E-state index in [-0.39, 0.29) is 22.8 Å². The minimum absolute atomic E-state index is 0.0336. The average molecular weight is 225 g/mol. The maximum absolute atomic E-state index is 13.6. The van der Waals surface area contributed by atoms with Gasteiger partial charge in [0.05, 0.1) is 12.8 Å². The van der Waals surface area contributed by atoms with E-state index in [1.807, 2.05) is 0 Å². The van der Waals surface area contributed by atoms with E-state index in [9.17, 15) is 8.78 Å². The van der Waals surface area contributed by atoms with Gasteiger partial charge in [0.15, 0.2) is 11.6 Å². The average Bonchev–Trinajstić information content (AvgIpc) is 2.69. The lowest BCUT2D eigenvalue weighted by atomic mass is 10.1. The zero-order valence-corrected chi connectivity index (χ0v) is 8.42. The predicted molar refractivity (Wildman–Crippen MR) is 54.9 cm³/mol. The number of benzene rings is 1. The molecule has 0 bridgehead atoms. The van der Waals surface area contributed by atoms with Gasteiger partial charge in [0.1, 0.15) is 5.82 Å². The number of rotatable bonds is 2. The van der Waals surface area contributed by atoms with Gasteiger partial charge in [0, 0.05) is 11.6 Å². The Kier molecular flexibility index (Phi) is 2.47. The van der Waals surface area contributed by atoms with Crippen LogP contribution in [0.3, 0.4) is 0 Å². The van der Waals surface area contributed by atoms with Gasteiger partial charge >= 0.3 is 0 Å². The van der Waals surface area contributed by atoms with Crippen molar-refractivity contribution in [3.05, 3.63) is 29.8 Å². The molecule has 6 heteroatoms. The second-order valence-corrected chi connectivity index (χ2v) is 3.15. The smallest absolute Gasteiger partial charge is 0.201 e. The highest BCUT2D eigenvalue weighted by atomic mass is 19.2. The molecule has 0 aliphatic heterocycles. The number of nitrogen functional groups attached to an aromatic ring is 1. The molecule has 2 rings (SSSR count). The minimum atomic E-state index is -1.04. The minimum Gasteiger partial charge on any atom is -0.494 e. The highest BCUT2D eigenvalue weighted by molar-refractivity contribution is 5.63. The highest BCUT2D eigenvalue weighted by Crippen LogP contribution is 2.28. The molecule has 0 aliphatic carbocycles.